The standard InChI is InChI=1S/C16H24FN/c1-12(2)11-18-9-5-6-13(3)15-8-7-14(4)16(17)10-15/h6-8,10,12,18H,5,9,11H2,1-4H3/b13-6-. The van der Waals surface area contributed by atoms with E-state index < -0.39 is 0 Å². The third-order valence-corrected chi connectivity index (χ3v) is 2.95. The van der Waals surface area contributed by atoms with Gasteiger partial charge in [-0.15, -0.1) is 0 Å². The molecule has 0 amide bonds. The molecule has 0 spiro atoms. The summed E-state index contributed by atoms with van der Waals surface area (Å²) in [5, 5.41) is 3.39. The monoisotopic (exact) mass is 249 g/mol. The quantitative estimate of drug-likeness (QED) is 0.746. The molecule has 0 aromatic heterocycles. The van der Waals surface area contributed by atoms with Crippen molar-refractivity contribution < 1.29 is 4.39 Å². The van der Waals surface area contributed by atoms with Gasteiger partial charge in [-0.2, -0.15) is 0 Å². The molecule has 0 saturated carbocycles. The van der Waals surface area contributed by atoms with Crippen molar-refractivity contribution in [2.75, 3.05) is 13.1 Å². The van der Waals surface area contributed by atoms with Gasteiger partial charge in [-0.25, -0.2) is 4.39 Å². The van der Waals surface area contributed by atoms with Gasteiger partial charge in [0.15, 0.2) is 0 Å². The maximum absolute atomic E-state index is 13.4. The molecule has 1 N–H and O–H groups in total. The molecule has 0 radical (unpaired) electrons. The molecule has 1 rings (SSSR count). The fourth-order valence-corrected chi connectivity index (χ4v) is 1.74. The van der Waals surface area contributed by atoms with Gasteiger partial charge >= 0.3 is 0 Å². The van der Waals surface area contributed by atoms with Crippen LogP contribution in [0.2, 0.25) is 0 Å². The predicted octanol–water partition coefficient (Wildman–Crippen LogP) is 4.17. The van der Waals surface area contributed by atoms with Crippen molar-refractivity contribution in [3.63, 3.8) is 0 Å². The van der Waals surface area contributed by atoms with E-state index in [0.29, 0.717) is 11.5 Å². The third-order valence-electron chi connectivity index (χ3n) is 2.95. The summed E-state index contributed by atoms with van der Waals surface area (Å²) in [7, 11) is 0. The molecule has 1 aromatic carbocycles. The molecule has 0 fully saturated rings. The van der Waals surface area contributed by atoms with Crippen LogP contribution in [0.3, 0.4) is 0 Å². The molecule has 2 heteroatoms. The SMILES string of the molecule is C/C(=C/CCNCC(C)C)c1ccc(C)c(F)c1. The molecule has 0 unspecified atom stereocenters. The molecular weight excluding hydrogens is 225 g/mol. The van der Waals surface area contributed by atoms with Crippen molar-refractivity contribution in [3.8, 4) is 0 Å². The smallest absolute Gasteiger partial charge is 0.126 e. The molecule has 0 saturated heterocycles. The normalized spacial score (nSPS) is 12.2. The van der Waals surface area contributed by atoms with Crippen LogP contribution in [-0.2, 0) is 0 Å². The predicted molar refractivity (Wildman–Crippen MR) is 77.1 cm³/mol. The van der Waals surface area contributed by atoms with Gasteiger partial charge in [0.2, 0.25) is 0 Å². The highest BCUT2D eigenvalue weighted by atomic mass is 19.1. The molecule has 18 heavy (non-hydrogen) atoms. The Morgan fingerprint density at radius 3 is 2.72 bits per heavy atom. The Hall–Kier alpha value is -1.15. The second-order valence-electron chi connectivity index (χ2n) is 5.24. The van der Waals surface area contributed by atoms with Gasteiger partial charge in [0.25, 0.3) is 0 Å². The number of hydrogen-bond donors (Lipinski definition) is 1. The second kappa shape index (κ2) is 7.32. The number of allylic oxidation sites excluding steroid dienone is 1. The maximum Gasteiger partial charge on any atom is 0.126 e. The van der Waals surface area contributed by atoms with E-state index in [0.717, 1.165) is 30.6 Å². The van der Waals surface area contributed by atoms with Crippen LogP contribution >= 0.6 is 0 Å². The van der Waals surface area contributed by atoms with Gasteiger partial charge in [-0.3, -0.25) is 0 Å². The first-order valence-electron chi connectivity index (χ1n) is 6.64. The van der Waals surface area contributed by atoms with Crippen molar-refractivity contribution in [2.24, 2.45) is 5.92 Å². The van der Waals surface area contributed by atoms with Crippen molar-refractivity contribution in [3.05, 3.63) is 41.2 Å². The Kier molecular flexibility index (Phi) is 6.06. The number of nitrogens with one attached hydrogen (secondary N) is 1. The first-order chi connectivity index (χ1) is 8.50. The van der Waals surface area contributed by atoms with Crippen molar-refractivity contribution in [1.82, 2.24) is 5.32 Å². The van der Waals surface area contributed by atoms with E-state index in [9.17, 15) is 4.39 Å². The zero-order valence-corrected chi connectivity index (χ0v) is 11.9. The van der Waals surface area contributed by atoms with Gasteiger partial charge in [0.05, 0.1) is 0 Å². The van der Waals surface area contributed by atoms with Gasteiger partial charge in [0.1, 0.15) is 5.82 Å². The summed E-state index contributed by atoms with van der Waals surface area (Å²) in [6, 6.07) is 5.42. The van der Waals surface area contributed by atoms with Crippen LogP contribution in [0.25, 0.3) is 5.57 Å². The lowest BCUT2D eigenvalue weighted by Crippen LogP contribution is -2.20. The molecule has 0 aliphatic carbocycles. The molecule has 0 atom stereocenters. The van der Waals surface area contributed by atoms with Crippen LogP contribution in [0.5, 0.6) is 0 Å². The minimum atomic E-state index is -0.127. The van der Waals surface area contributed by atoms with Gasteiger partial charge < -0.3 is 5.32 Å². The number of rotatable bonds is 6. The molecule has 1 aromatic rings. The summed E-state index contributed by atoms with van der Waals surface area (Å²) in [6.45, 7) is 10.2. The first-order valence-corrected chi connectivity index (χ1v) is 6.64. The molecule has 1 nitrogen and oxygen atoms in total. The third kappa shape index (κ3) is 5.01. The zero-order chi connectivity index (χ0) is 13.5. The van der Waals surface area contributed by atoms with Crippen LogP contribution < -0.4 is 5.32 Å². The summed E-state index contributed by atoms with van der Waals surface area (Å²) in [5.74, 6) is 0.555. The summed E-state index contributed by atoms with van der Waals surface area (Å²) in [5.41, 5.74) is 2.81. The summed E-state index contributed by atoms with van der Waals surface area (Å²) >= 11 is 0. The fraction of sp³-hybridized carbons (Fsp3) is 0.500. The van der Waals surface area contributed by atoms with E-state index in [1.54, 1.807) is 13.0 Å². The highest BCUT2D eigenvalue weighted by Gasteiger charge is 2.00. The Morgan fingerprint density at radius 1 is 1.39 bits per heavy atom. The summed E-state index contributed by atoms with van der Waals surface area (Å²) in [6.07, 6.45) is 3.14. The Balaban J connectivity index is 2.47. The van der Waals surface area contributed by atoms with Gasteiger partial charge in [-0.1, -0.05) is 32.1 Å². The largest absolute Gasteiger partial charge is 0.316 e. The molecule has 0 aliphatic heterocycles. The molecule has 0 heterocycles. The topological polar surface area (TPSA) is 12.0 Å². The highest BCUT2D eigenvalue weighted by molar-refractivity contribution is 5.63. The Morgan fingerprint density at radius 2 is 2.11 bits per heavy atom. The molecule has 0 aliphatic rings. The van der Waals surface area contributed by atoms with Crippen molar-refractivity contribution in [2.45, 2.75) is 34.1 Å². The number of hydrogen-bond acceptors (Lipinski definition) is 1. The second-order valence-corrected chi connectivity index (χ2v) is 5.24. The highest BCUT2D eigenvalue weighted by Crippen LogP contribution is 2.17. The van der Waals surface area contributed by atoms with E-state index in [1.807, 2.05) is 19.1 Å². The summed E-state index contributed by atoms with van der Waals surface area (Å²) in [4.78, 5) is 0. The van der Waals surface area contributed by atoms with Gasteiger partial charge in [-0.05, 0) is 62.0 Å². The summed E-state index contributed by atoms with van der Waals surface area (Å²) < 4.78 is 13.4. The average molecular weight is 249 g/mol. The lowest BCUT2D eigenvalue weighted by Gasteiger charge is -2.07. The molecular formula is C16H24FN. The Labute approximate surface area is 110 Å². The van der Waals surface area contributed by atoms with E-state index in [2.05, 4.69) is 25.2 Å². The molecule has 0 bridgehead atoms. The van der Waals surface area contributed by atoms with Crippen LogP contribution in [0.15, 0.2) is 24.3 Å². The Bertz CT molecular complexity index is 408. The van der Waals surface area contributed by atoms with Crippen LogP contribution in [-0.4, -0.2) is 13.1 Å². The lowest BCUT2D eigenvalue weighted by atomic mass is 10.0. The van der Waals surface area contributed by atoms with E-state index in [-0.39, 0.29) is 5.82 Å². The van der Waals surface area contributed by atoms with Crippen molar-refractivity contribution in [1.29, 1.82) is 0 Å². The zero-order valence-electron chi connectivity index (χ0n) is 11.9. The maximum atomic E-state index is 13.4. The first kappa shape index (κ1) is 14.9. The van der Waals surface area contributed by atoms with Crippen LogP contribution in [0.1, 0.15) is 38.3 Å². The lowest BCUT2D eigenvalue weighted by molar-refractivity contribution is 0.557. The number of aryl methyl sites for hydroxylation is 1. The van der Waals surface area contributed by atoms with E-state index in [4.69, 9.17) is 0 Å². The van der Waals surface area contributed by atoms with Crippen LogP contribution in [0.4, 0.5) is 4.39 Å². The minimum Gasteiger partial charge on any atom is -0.316 e. The average Bonchev–Trinajstić information content (AvgIpc) is 2.31. The van der Waals surface area contributed by atoms with E-state index >= 15 is 0 Å². The minimum absolute atomic E-state index is 0.127. The number of halogens is 1. The fourth-order valence-electron chi connectivity index (χ4n) is 1.74. The van der Waals surface area contributed by atoms with Crippen LogP contribution in [0, 0.1) is 18.7 Å². The van der Waals surface area contributed by atoms with Gasteiger partial charge in [0, 0.05) is 0 Å². The van der Waals surface area contributed by atoms with E-state index in [1.165, 1.54) is 0 Å². The molecule has 100 valence electrons. The van der Waals surface area contributed by atoms with Crippen molar-refractivity contribution >= 4 is 5.57 Å². The number of benzene rings is 1.